The van der Waals surface area contributed by atoms with Crippen LogP contribution in [0.5, 0.6) is 0 Å². The Balaban J connectivity index is 3.07. The van der Waals surface area contributed by atoms with E-state index in [2.05, 4.69) is 0 Å². The van der Waals surface area contributed by atoms with Crippen LogP contribution in [0, 0.1) is 6.92 Å². The monoisotopic (exact) mass is 354 g/mol. The van der Waals surface area contributed by atoms with Crippen molar-refractivity contribution in [1.82, 2.24) is 0 Å². The summed E-state index contributed by atoms with van der Waals surface area (Å²) >= 11 is -2.94. The second kappa shape index (κ2) is 4.79. The zero-order valence-electron chi connectivity index (χ0n) is 8.83. The fourth-order valence-electron chi connectivity index (χ4n) is 0.938. The Hall–Kier alpha value is -0.661. The molecule has 0 aromatic heterocycles. The Morgan fingerprint density at radius 2 is 1.44 bits per heavy atom. The van der Waals surface area contributed by atoms with Crippen molar-refractivity contribution >= 4 is 22.1 Å². The predicted molar refractivity (Wildman–Crippen MR) is 55.1 cm³/mol. The molecule has 0 unspecified atom stereocenters. The molecular weight excluding hydrogens is 346 g/mol. The van der Waals surface area contributed by atoms with Crippen molar-refractivity contribution in [3.63, 3.8) is 0 Å². The first-order valence-corrected chi connectivity index (χ1v) is 8.79. The summed E-state index contributed by atoms with van der Waals surface area (Å²) < 4.78 is 84.2. The van der Waals surface area contributed by atoms with Gasteiger partial charge in [0.2, 0.25) is 0 Å². The van der Waals surface area contributed by atoms with Gasteiger partial charge in [0.05, 0.1) is 0 Å². The molecule has 0 aliphatic carbocycles. The van der Waals surface area contributed by atoms with Crippen LogP contribution in [0.15, 0.2) is 29.2 Å². The molecule has 0 bridgehead atoms. The molecular formula is C9H7F5O2SSe. The van der Waals surface area contributed by atoms with Crippen LogP contribution >= 0.6 is 0 Å². The molecule has 1 aromatic carbocycles. The van der Waals surface area contributed by atoms with Gasteiger partial charge in [-0.25, -0.2) is 0 Å². The van der Waals surface area contributed by atoms with E-state index >= 15 is 0 Å². The van der Waals surface area contributed by atoms with Crippen molar-refractivity contribution in [2.45, 2.75) is 22.8 Å². The summed E-state index contributed by atoms with van der Waals surface area (Å²) in [4.78, 5) is -5.74. The Morgan fingerprint density at radius 1 is 1.00 bits per heavy atom. The van der Waals surface area contributed by atoms with Gasteiger partial charge in [0.1, 0.15) is 0 Å². The number of halogens is 5. The molecule has 102 valence electrons. The van der Waals surface area contributed by atoms with E-state index in [0.29, 0.717) is 5.56 Å². The number of hydrogen-bond acceptors (Lipinski definition) is 2. The number of aryl methyl sites for hydroxylation is 1. The molecule has 0 saturated carbocycles. The van der Waals surface area contributed by atoms with Crippen molar-refractivity contribution in [3.05, 3.63) is 29.8 Å². The molecule has 0 heterocycles. The average Bonchev–Trinajstić information content (AvgIpc) is 2.14. The summed E-state index contributed by atoms with van der Waals surface area (Å²) in [7, 11) is -4.63. The molecule has 0 aliphatic heterocycles. The molecule has 0 saturated heterocycles. The minimum absolute atomic E-state index is 0.531. The summed E-state index contributed by atoms with van der Waals surface area (Å²) in [6.07, 6.45) is -5.86. The number of rotatable bonds is 3. The summed E-state index contributed by atoms with van der Waals surface area (Å²) in [6.45, 7) is 1.63. The van der Waals surface area contributed by atoms with Crippen molar-refractivity contribution < 1.29 is 30.4 Å². The molecule has 0 N–H and O–H groups in total. The van der Waals surface area contributed by atoms with Gasteiger partial charge < -0.3 is 0 Å². The molecule has 0 atom stereocenters. The molecule has 0 fully saturated rings. The zero-order chi connectivity index (χ0) is 14.2. The van der Waals surface area contributed by atoms with Crippen LogP contribution in [0.3, 0.4) is 0 Å². The van der Waals surface area contributed by atoms with Crippen LogP contribution in [-0.4, -0.2) is 33.3 Å². The van der Waals surface area contributed by atoms with Gasteiger partial charge in [-0.15, -0.1) is 0 Å². The zero-order valence-corrected chi connectivity index (χ0v) is 11.4. The van der Waals surface area contributed by atoms with Crippen LogP contribution in [-0.2, 0) is 8.26 Å². The first-order chi connectivity index (χ1) is 7.96. The Morgan fingerprint density at radius 3 is 1.83 bits per heavy atom. The van der Waals surface area contributed by atoms with Crippen molar-refractivity contribution in [2.75, 3.05) is 0 Å². The maximum atomic E-state index is 12.7. The first kappa shape index (κ1) is 15.4. The van der Waals surface area contributed by atoms with E-state index in [1.54, 1.807) is 6.92 Å². The van der Waals surface area contributed by atoms with Gasteiger partial charge in [0, 0.05) is 0 Å². The molecule has 0 spiro atoms. The van der Waals surface area contributed by atoms with Gasteiger partial charge in [0.15, 0.2) is 0 Å². The van der Waals surface area contributed by atoms with E-state index in [1.165, 1.54) is 12.1 Å². The molecule has 1 aromatic rings. The quantitative estimate of drug-likeness (QED) is 0.618. The predicted octanol–water partition coefficient (Wildman–Crippen LogP) is 2.54. The summed E-state index contributed by atoms with van der Waals surface area (Å²) in [5.41, 5.74) is 0.670. The number of alkyl halides is 5. The van der Waals surface area contributed by atoms with Crippen LogP contribution in [0.2, 0.25) is 0 Å². The van der Waals surface area contributed by atoms with Gasteiger partial charge in [-0.05, 0) is 0 Å². The molecule has 1 rings (SSSR count). The van der Waals surface area contributed by atoms with Gasteiger partial charge >= 0.3 is 105 Å². The normalized spacial score (nSPS) is 13.7. The molecule has 0 radical (unpaired) electrons. The third-order valence-electron chi connectivity index (χ3n) is 1.85. The summed E-state index contributed by atoms with van der Waals surface area (Å²) in [6, 6.07) is 4.68. The van der Waals surface area contributed by atoms with Crippen LogP contribution in [0.1, 0.15) is 5.56 Å². The van der Waals surface area contributed by atoms with Crippen molar-refractivity contribution in [3.8, 4) is 0 Å². The first-order valence-electron chi connectivity index (χ1n) is 4.42. The molecule has 2 nitrogen and oxygen atoms in total. The van der Waals surface area contributed by atoms with Crippen LogP contribution in [0.25, 0.3) is 0 Å². The molecule has 0 aliphatic rings. The van der Waals surface area contributed by atoms with E-state index in [-0.39, 0.29) is 0 Å². The summed E-state index contributed by atoms with van der Waals surface area (Å²) in [5, 5.41) is 0. The van der Waals surface area contributed by atoms with Gasteiger partial charge in [0.25, 0.3) is 0 Å². The third-order valence-corrected chi connectivity index (χ3v) is 7.53. The van der Waals surface area contributed by atoms with Crippen molar-refractivity contribution in [1.29, 1.82) is 0 Å². The summed E-state index contributed by atoms with van der Waals surface area (Å²) in [5.74, 6) is 0. The fraction of sp³-hybridized carbons (Fsp3) is 0.333. The van der Waals surface area contributed by atoms with Crippen LogP contribution < -0.4 is 0 Å². The second-order valence-electron chi connectivity index (χ2n) is 3.37. The van der Waals surface area contributed by atoms with Crippen LogP contribution in [0.4, 0.5) is 22.0 Å². The second-order valence-corrected chi connectivity index (χ2v) is 9.80. The molecule has 18 heavy (non-hydrogen) atoms. The Kier molecular flexibility index (Phi) is 4.09. The van der Waals surface area contributed by atoms with Crippen molar-refractivity contribution in [2.24, 2.45) is 0 Å². The minimum atomic E-state index is -5.86. The van der Waals surface area contributed by atoms with E-state index < -0.39 is 38.0 Å². The van der Waals surface area contributed by atoms with E-state index in [9.17, 15) is 30.4 Å². The van der Waals surface area contributed by atoms with E-state index in [1.807, 2.05) is 0 Å². The van der Waals surface area contributed by atoms with E-state index in [4.69, 9.17) is 0 Å². The fourth-order valence-corrected chi connectivity index (χ4v) is 5.51. The number of hydrogen-bond donors (Lipinski definition) is 0. The van der Waals surface area contributed by atoms with Gasteiger partial charge in [-0.2, -0.15) is 0 Å². The Bertz CT molecular complexity index is 521. The molecule has 9 heteroatoms. The third kappa shape index (κ3) is 3.43. The van der Waals surface area contributed by atoms with Gasteiger partial charge in [-0.3, -0.25) is 0 Å². The van der Waals surface area contributed by atoms with Gasteiger partial charge in [-0.1, -0.05) is 0 Å². The van der Waals surface area contributed by atoms with E-state index in [0.717, 1.165) is 12.1 Å². The standard InChI is InChI=1S/C9H7F5O2SSe/c1-6-2-4-7(5-3-6)17(15,16)18-9(13,14)8(10,11)12/h2-5H,1H3. The molecule has 0 amide bonds. The maximum absolute atomic E-state index is 12.7. The Labute approximate surface area is 105 Å². The average molecular weight is 353 g/mol. The SMILES string of the molecule is Cc1ccc(S(=O)(=O)[Se]C(F)(F)C(F)(F)F)cc1. The number of benzene rings is 1. The topological polar surface area (TPSA) is 34.1 Å².